The quantitative estimate of drug-likeness (QED) is 0.621. The van der Waals surface area contributed by atoms with Crippen LogP contribution in [-0.2, 0) is 9.59 Å². The smallest absolute Gasteiger partial charge is 0.290 e. The highest BCUT2D eigenvalue weighted by atomic mass is 16.2. The second-order valence-electron chi connectivity index (χ2n) is 4.59. The molecular weight excluding hydrogens is 178 g/mol. The first kappa shape index (κ1) is 9.69. The first-order chi connectivity index (χ1) is 6.68. The summed E-state index contributed by atoms with van der Waals surface area (Å²) < 4.78 is 0. The predicted octanol–water partition coefficient (Wildman–Crippen LogP) is 1.22. The summed E-state index contributed by atoms with van der Waals surface area (Å²) >= 11 is 0. The number of amides is 1. The van der Waals surface area contributed by atoms with Gasteiger partial charge in [-0.1, -0.05) is 19.8 Å². The third-order valence-electron chi connectivity index (χ3n) is 3.63. The molecule has 14 heavy (non-hydrogen) atoms. The Bertz CT molecular complexity index is 262. The highest BCUT2D eigenvalue weighted by molar-refractivity contribution is 6.37. The molecule has 1 saturated carbocycles. The average Bonchev–Trinajstić information content (AvgIpc) is 2.68. The Kier molecular flexibility index (Phi) is 2.57. The summed E-state index contributed by atoms with van der Waals surface area (Å²) in [5, 5.41) is 0. The topological polar surface area (TPSA) is 37.4 Å². The van der Waals surface area contributed by atoms with Crippen molar-refractivity contribution in [2.24, 2.45) is 11.8 Å². The number of carbonyl (C=O) groups is 2. The Morgan fingerprint density at radius 3 is 2.64 bits per heavy atom. The number of likely N-dealkylation sites (tertiary alicyclic amines) is 1. The zero-order chi connectivity index (χ0) is 10.1. The average molecular weight is 195 g/mol. The van der Waals surface area contributed by atoms with E-state index >= 15 is 0 Å². The highest BCUT2D eigenvalue weighted by Gasteiger charge is 2.33. The van der Waals surface area contributed by atoms with Gasteiger partial charge < -0.3 is 4.90 Å². The molecule has 0 aromatic carbocycles. The largest absolute Gasteiger partial charge is 0.335 e. The van der Waals surface area contributed by atoms with Gasteiger partial charge in [-0.2, -0.15) is 0 Å². The lowest BCUT2D eigenvalue weighted by Crippen LogP contribution is -2.33. The second-order valence-corrected chi connectivity index (χ2v) is 4.59. The summed E-state index contributed by atoms with van der Waals surface area (Å²) in [5.74, 6) is 0.906. The molecule has 2 aliphatic rings. The molecule has 3 heteroatoms. The lowest BCUT2D eigenvalue weighted by molar-refractivity contribution is -0.140. The summed E-state index contributed by atoms with van der Waals surface area (Å²) in [4.78, 5) is 24.2. The van der Waals surface area contributed by atoms with Crippen molar-refractivity contribution in [2.45, 2.75) is 32.6 Å². The fourth-order valence-corrected chi connectivity index (χ4v) is 2.57. The molecule has 0 N–H and O–H groups in total. The predicted molar refractivity (Wildman–Crippen MR) is 52.7 cm³/mol. The number of hydrogen-bond acceptors (Lipinski definition) is 2. The molecule has 1 amide bonds. The van der Waals surface area contributed by atoms with E-state index < -0.39 is 0 Å². The van der Waals surface area contributed by atoms with Crippen LogP contribution in [0.3, 0.4) is 0 Å². The Hall–Kier alpha value is -0.860. The van der Waals surface area contributed by atoms with E-state index in [1.807, 2.05) is 0 Å². The Morgan fingerprint density at radius 1 is 1.36 bits per heavy atom. The normalized spacial score (nSPS) is 33.1. The van der Waals surface area contributed by atoms with E-state index in [4.69, 9.17) is 0 Å². The summed E-state index contributed by atoms with van der Waals surface area (Å²) in [6.45, 7) is 3.71. The number of ketones is 1. The number of nitrogens with zero attached hydrogens (tertiary/aromatic N) is 1. The molecule has 0 bridgehead atoms. The van der Waals surface area contributed by atoms with Crippen molar-refractivity contribution < 1.29 is 9.59 Å². The van der Waals surface area contributed by atoms with Gasteiger partial charge in [0.15, 0.2) is 0 Å². The molecule has 0 aromatic rings. The zero-order valence-corrected chi connectivity index (χ0v) is 8.66. The Balaban J connectivity index is 1.91. The molecular formula is C11H17NO2. The maximum Gasteiger partial charge on any atom is 0.290 e. The standard InChI is InChI=1S/C11H17NO2/c1-8-3-2-4-9(8)7-12-6-5-10(13)11(12)14/h8-9H,2-7H2,1H3. The van der Waals surface area contributed by atoms with Crippen LogP contribution < -0.4 is 0 Å². The van der Waals surface area contributed by atoms with Gasteiger partial charge in [-0.3, -0.25) is 9.59 Å². The SMILES string of the molecule is CC1CCCC1CN1CCC(=O)C1=O. The van der Waals surface area contributed by atoms with Gasteiger partial charge >= 0.3 is 0 Å². The van der Waals surface area contributed by atoms with Gasteiger partial charge in [0.1, 0.15) is 0 Å². The van der Waals surface area contributed by atoms with Crippen LogP contribution in [-0.4, -0.2) is 29.7 Å². The third-order valence-corrected chi connectivity index (χ3v) is 3.63. The molecule has 1 heterocycles. The molecule has 2 atom stereocenters. The lowest BCUT2D eigenvalue weighted by atomic mass is 9.98. The van der Waals surface area contributed by atoms with Crippen LogP contribution in [0, 0.1) is 11.8 Å². The molecule has 2 rings (SSSR count). The van der Waals surface area contributed by atoms with Crippen molar-refractivity contribution >= 4 is 11.7 Å². The molecule has 0 spiro atoms. The van der Waals surface area contributed by atoms with E-state index in [1.54, 1.807) is 4.90 Å². The number of Topliss-reactive ketones (excluding diaryl/α,β-unsaturated/α-hetero) is 1. The zero-order valence-electron chi connectivity index (χ0n) is 8.66. The van der Waals surface area contributed by atoms with Crippen LogP contribution in [0.15, 0.2) is 0 Å². The number of rotatable bonds is 2. The molecule has 0 aromatic heterocycles. The number of carbonyl (C=O) groups excluding carboxylic acids is 2. The summed E-state index contributed by atoms with van der Waals surface area (Å²) in [5.41, 5.74) is 0. The monoisotopic (exact) mass is 195 g/mol. The van der Waals surface area contributed by atoms with Gasteiger partial charge in [-0.25, -0.2) is 0 Å². The van der Waals surface area contributed by atoms with Crippen LogP contribution >= 0.6 is 0 Å². The van der Waals surface area contributed by atoms with E-state index in [9.17, 15) is 9.59 Å². The van der Waals surface area contributed by atoms with Crippen LogP contribution in [0.25, 0.3) is 0 Å². The summed E-state index contributed by atoms with van der Waals surface area (Å²) in [6.07, 6.45) is 4.21. The van der Waals surface area contributed by atoms with Crippen molar-refractivity contribution in [2.75, 3.05) is 13.1 Å². The van der Waals surface area contributed by atoms with Crippen molar-refractivity contribution in [3.63, 3.8) is 0 Å². The third kappa shape index (κ3) is 1.68. The van der Waals surface area contributed by atoms with Crippen LogP contribution in [0.5, 0.6) is 0 Å². The molecule has 1 aliphatic heterocycles. The molecule has 2 fully saturated rings. The van der Waals surface area contributed by atoms with E-state index in [2.05, 4.69) is 6.92 Å². The number of hydrogen-bond donors (Lipinski definition) is 0. The van der Waals surface area contributed by atoms with Gasteiger partial charge in [0.25, 0.3) is 5.91 Å². The van der Waals surface area contributed by atoms with E-state index in [0.29, 0.717) is 18.9 Å². The van der Waals surface area contributed by atoms with Crippen molar-refractivity contribution in [3.8, 4) is 0 Å². The highest BCUT2D eigenvalue weighted by Crippen LogP contribution is 2.32. The molecule has 1 aliphatic carbocycles. The van der Waals surface area contributed by atoms with Gasteiger partial charge in [0.05, 0.1) is 0 Å². The van der Waals surface area contributed by atoms with Gasteiger partial charge in [-0.15, -0.1) is 0 Å². The van der Waals surface area contributed by atoms with Crippen LogP contribution in [0.4, 0.5) is 0 Å². The molecule has 1 saturated heterocycles. The minimum atomic E-state index is -0.246. The Morgan fingerprint density at radius 2 is 2.14 bits per heavy atom. The van der Waals surface area contributed by atoms with Crippen LogP contribution in [0.2, 0.25) is 0 Å². The molecule has 2 unspecified atom stereocenters. The fourth-order valence-electron chi connectivity index (χ4n) is 2.57. The molecule has 3 nitrogen and oxygen atoms in total. The molecule has 0 radical (unpaired) electrons. The first-order valence-corrected chi connectivity index (χ1v) is 5.50. The van der Waals surface area contributed by atoms with Crippen molar-refractivity contribution in [3.05, 3.63) is 0 Å². The maximum absolute atomic E-state index is 11.4. The minimum absolute atomic E-state index is 0.198. The van der Waals surface area contributed by atoms with Crippen molar-refractivity contribution in [1.29, 1.82) is 0 Å². The van der Waals surface area contributed by atoms with Gasteiger partial charge in [0.2, 0.25) is 5.78 Å². The van der Waals surface area contributed by atoms with Gasteiger partial charge in [0, 0.05) is 19.5 Å². The van der Waals surface area contributed by atoms with Gasteiger partial charge in [-0.05, 0) is 18.3 Å². The lowest BCUT2D eigenvalue weighted by Gasteiger charge is -2.22. The fraction of sp³-hybridized carbons (Fsp3) is 0.818. The summed E-state index contributed by atoms with van der Waals surface area (Å²) in [6, 6.07) is 0. The first-order valence-electron chi connectivity index (χ1n) is 5.50. The van der Waals surface area contributed by atoms with Crippen molar-refractivity contribution in [1.82, 2.24) is 4.90 Å². The molecule has 78 valence electrons. The maximum atomic E-state index is 11.4. The Labute approximate surface area is 84.5 Å². The van der Waals surface area contributed by atoms with E-state index in [0.717, 1.165) is 12.5 Å². The minimum Gasteiger partial charge on any atom is -0.335 e. The van der Waals surface area contributed by atoms with E-state index in [-0.39, 0.29) is 11.7 Å². The van der Waals surface area contributed by atoms with Crippen LogP contribution in [0.1, 0.15) is 32.6 Å². The second kappa shape index (κ2) is 3.71. The summed E-state index contributed by atoms with van der Waals surface area (Å²) in [7, 11) is 0. The van der Waals surface area contributed by atoms with E-state index in [1.165, 1.54) is 19.3 Å².